The van der Waals surface area contributed by atoms with E-state index >= 15 is 0 Å². The Balaban J connectivity index is 1.07. The van der Waals surface area contributed by atoms with E-state index in [-0.39, 0.29) is 11.8 Å². The first kappa shape index (κ1) is 27.6. The third-order valence-electron chi connectivity index (χ3n) is 7.47. The highest BCUT2D eigenvalue weighted by atomic mass is 19.1. The zero-order chi connectivity index (χ0) is 29.1. The summed E-state index contributed by atoms with van der Waals surface area (Å²) in [5.74, 6) is 1.02. The van der Waals surface area contributed by atoms with Crippen molar-refractivity contribution in [3.05, 3.63) is 72.2 Å². The fraction of sp³-hybridized carbons (Fsp3) is 0.333. The highest BCUT2D eigenvalue weighted by Crippen LogP contribution is 2.30. The number of urea groups is 1. The Hall–Kier alpha value is -4.58. The number of nitrogens with zero attached hydrogens (tertiary/aromatic N) is 5. The molecule has 2 N–H and O–H groups in total. The number of halogens is 2. The van der Waals surface area contributed by atoms with Gasteiger partial charge >= 0.3 is 6.03 Å². The molecule has 10 nitrogen and oxygen atoms in total. The summed E-state index contributed by atoms with van der Waals surface area (Å²) in [5, 5.41) is 6.75. The Morgan fingerprint density at radius 2 is 1.81 bits per heavy atom. The van der Waals surface area contributed by atoms with Gasteiger partial charge in [-0.15, -0.1) is 0 Å². The van der Waals surface area contributed by atoms with Crippen LogP contribution in [-0.2, 0) is 4.74 Å². The first-order valence-corrected chi connectivity index (χ1v) is 13.9. The molecule has 0 unspecified atom stereocenters. The third kappa shape index (κ3) is 6.18. The molecule has 2 saturated heterocycles. The van der Waals surface area contributed by atoms with Crippen molar-refractivity contribution in [2.45, 2.75) is 25.9 Å². The van der Waals surface area contributed by atoms with Gasteiger partial charge in [0.25, 0.3) is 0 Å². The monoisotopic (exact) mass is 575 g/mol. The van der Waals surface area contributed by atoms with Crippen LogP contribution in [0.15, 0.2) is 55.0 Å². The molecule has 4 aromatic rings. The molecule has 42 heavy (non-hydrogen) atoms. The molecule has 6 rings (SSSR count). The molecule has 12 heteroatoms. The van der Waals surface area contributed by atoms with Gasteiger partial charge in [0, 0.05) is 56.2 Å². The van der Waals surface area contributed by atoms with Crippen molar-refractivity contribution in [3.8, 4) is 5.75 Å². The second kappa shape index (κ2) is 12.1. The Labute approximate surface area is 241 Å². The topological polar surface area (TPSA) is 105 Å². The molecule has 2 aromatic carbocycles. The Kier molecular flexibility index (Phi) is 7.95. The van der Waals surface area contributed by atoms with Gasteiger partial charge in [0.15, 0.2) is 0 Å². The summed E-state index contributed by atoms with van der Waals surface area (Å²) in [6, 6.07) is 10.4. The number of carbonyl (C=O) groups is 1. The fourth-order valence-electron chi connectivity index (χ4n) is 5.15. The number of rotatable bonds is 6. The van der Waals surface area contributed by atoms with Gasteiger partial charge in [-0.05, 0) is 48.9 Å². The molecular formula is C30H31F2N7O3. The summed E-state index contributed by atoms with van der Waals surface area (Å²) in [7, 11) is 0. The molecule has 2 fully saturated rings. The maximum Gasteiger partial charge on any atom is 0.321 e. The Morgan fingerprint density at radius 1 is 1.00 bits per heavy atom. The van der Waals surface area contributed by atoms with Crippen molar-refractivity contribution in [2.24, 2.45) is 0 Å². The molecule has 2 aliphatic heterocycles. The molecule has 2 amide bonds. The van der Waals surface area contributed by atoms with Crippen molar-refractivity contribution in [1.82, 2.24) is 19.9 Å². The average molecular weight is 576 g/mol. The molecule has 0 saturated carbocycles. The van der Waals surface area contributed by atoms with Gasteiger partial charge < -0.3 is 29.9 Å². The molecule has 0 atom stereocenters. The minimum absolute atomic E-state index is 0.0746. The molecule has 218 valence electrons. The van der Waals surface area contributed by atoms with Crippen LogP contribution >= 0.6 is 0 Å². The number of morpholine rings is 1. The van der Waals surface area contributed by atoms with E-state index in [9.17, 15) is 13.6 Å². The van der Waals surface area contributed by atoms with Gasteiger partial charge in [-0.2, -0.15) is 0 Å². The average Bonchev–Trinajstić information content (AvgIpc) is 3.01. The number of hydrogen-bond acceptors (Lipinski definition) is 8. The van der Waals surface area contributed by atoms with Crippen molar-refractivity contribution in [1.29, 1.82) is 0 Å². The molecular weight excluding hydrogens is 544 g/mol. The van der Waals surface area contributed by atoms with E-state index in [1.54, 1.807) is 11.1 Å². The first-order chi connectivity index (χ1) is 20.4. The minimum atomic E-state index is -0.681. The molecule has 2 aromatic heterocycles. The number of fused-ring (bicyclic) bond motifs is 1. The number of likely N-dealkylation sites (tertiary alicyclic amines) is 1. The SMILES string of the molecule is Cc1cc(Nc2ncnc3cnc(N4CCOCC4)cc23)ccc1OC1CCN(C(=O)Nc2cc(F)ccc2F)CC1. The lowest BCUT2D eigenvalue weighted by Crippen LogP contribution is -2.43. The van der Waals surface area contributed by atoms with Crippen molar-refractivity contribution in [2.75, 3.05) is 54.9 Å². The number of ether oxygens (including phenoxy) is 2. The van der Waals surface area contributed by atoms with E-state index in [4.69, 9.17) is 9.47 Å². The van der Waals surface area contributed by atoms with Crippen LogP contribution in [0.25, 0.3) is 10.9 Å². The number of aromatic nitrogens is 3. The van der Waals surface area contributed by atoms with Gasteiger partial charge in [-0.25, -0.2) is 28.5 Å². The quantitative estimate of drug-likeness (QED) is 0.321. The molecule has 0 bridgehead atoms. The predicted octanol–water partition coefficient (Wildman–Crippen LogP) is 5.27. The van der Waals surface area contributed by atoms with E-state index in [0.29, 0.717) is 45.0 Å². The van der Waals surface area contributed by atoms with Crippen LogP contribution in [-0.4, -0.2) is 71.4 Å². The lowest BCUT2D eigenvalue weighted by Gasteiger charge is -2.32. The number of carbonyl (C=O) groups excluding carboxylic acids is 1. The number of pyridine rings is 1. The van der Waals surface area contributed by atoms with Gasteiger partial charge in [-0.1, -0.05) is 0 Å². The number of anilines is 4. The van der Waals surface area contributed by atoms with Gasteiger partial charge in [-0.3, -0.25) is 0 Å². The highest BCUT2D eigenvalue weighted by molar-refractivity contribution is 5.92. The lowest BCUT2D eigenvalue weighted by atomic mass is 10.1. The number of benzene rings is 2. The Bertz CT molecular complexity index is 1590. The largest absolute Gasteiger partial charge is 0.490 e. The summed E-state index contributed by atoms with van der Waals surface area (Å²) < 4.78 is 39.1. The number of piperidine rings is 1. The van der Waals surface area contributed by atoms with E-state index in [0.717, 1.165) is 65.0 Å². The van der Waals surface area contributed by atoms with E-state index < -0.39 is 17.7 Å². The van der Waals surface area contributed by atoms with Crippen LogP contribution < -0.4 is 20.3 Å². The van der Waals surface area contributed by atoms with Crippen LogP contribution in [0.3, 0.4) is 0 Å². The number of amides is 2. The van der Waals surface area contributed by atoms with Crippen molar-refractivity contribution < 1.29 is 23.0 Å². The second-order valence-electron chi connectivity index (χ2n) is 10.3. The summed E-state index contributed by atoms with van der Waals surface area (Å²) in [6.07, 6.45) is 4.45. The summed E-state index contributed by atoms with van der Waals surface area (Å²) in [4.78, 5) is 29.8. The maximum atomic E-state index is 13.9. The van der Waals surface area contributed by atoms with Crippen molar-refractivity contribution >= 4 is 39.9 Å². The lowest BCUT2D eigenvalue weighted by molar-refractivity contribution is 0.115. The molecule has 0 radical (unpaired) electrons. The predicted molar refractivity (Wildman–Crippen MR) is 155 cm³/mol. The molecule has 0 spiro atoms. The third-order valence-corrected chi connectivity index (χ3v) is 7.47. The standard InChI is InChI=1S/C30H31F2N7O3/c1-19-14-21(36-29-23-16-28(38-10-12-41-13-11-38)33-17-26(23)34-18-35-29)3-5-27(19)42-22-6-8-39(9-7-22)30(40)37-25-15-20(31)2-4-24(25)32/h2-5,14-18,22H,6-13H2,1H3,(H,37,40)(H,34,35,36). The maximum absolute atomic E-state index is 13.9. The number of hydrogen-bond donors (Lipinski definition) is 2. The van der Waals surface area contributed by atoms with Gasteiger partial charge in [0.1, 0.15) is 41.5 Å². The summed E-state index contributed by atoms with van der Waals surface area (Å²) >= 11 is 0. The molecule has 2 aliphatic rings. The zero-order valence-corrected chi connectivity index (χ0v) is 23.1. The highest BCUT2D eigenvalue weighted by Gasteiger charge is 2.25. The molecule has 0 aliphatic carbocycles. The van der Waals surface area contributed by atoms with Crippen LogP contribution in [0.1, 0.15) is 18.4 Å². The Morgan fingerprint density at radius 3 is 2.60 bits per heavy atom. The van der Waals surface area contributed by atoms with Crippen LogP contribution in [0, 0.1) is 18.6 Å². The normalized spacial score (nSPS) is 16.0. The summed E-state index contributed by atoms with van der Waals surface area (Å²) in [6.45, 7) is 5.79. The fourth-order valence-corrected chi connectivity index (χ4v) is 5.15. The second-order valence-corrected chi connectivity index (χ2v) is 10.3. The van der Waals surface area contributed by atoms with E-state index in [1.807, 2.05) is 31.2 Å². The van der Waals surface area contributed by atoms with E-state index in [2.05, 4.69) is 30.5 Å². The van der Waals surface area contributed by atoms with Crippen LogP contribution in [0.4, 0.5) is 36.6 Å². The van der Waals surface area contributed by atoms with Gasteiger partial charge in [0.05, 0.1) is 30.6 Å². The minimum Gasteiger partial charge on any atom is -0.490 e. The van der Waals surface area contributed by atoms with E-state index in [1.165, 1.54) is 6.33 Å². The van der Waals surface area contributed by atoms with Crippen molar-refractivity contribution in [3.63, 3.8) is 0 Å². The van der Waals surface area contributed by atoms with Crippen LogP contribution in [0.2, 0.25) is 0 Å². The molecule has 4 heterocycles. The zero-order valence-electron chi connectivity index (χ0n) is 23.1. The first-order valence-electron chi connectivity index (χ1n) is 13.9. The van der Waals surface area contributed by atoms with Crippen LogP contribution in [0.5, 0.6) is 5.75 Å². The number of aryl methyl sites for hydroxylation is 1. The van der Waals surface area contributed by atoms with Gasteiger partial charge in [0.2, 0.25) is 0 Å². The number of nitrogens with one attached hydrogen (secondary N) is 2. The smallest absolute Gasteiger partial charge is 0.321 e. The summed E-state index contributed by atoms with van der Waals surface area (Å²) in [5.41, 5.74) is 2.39.